The second-order valence-electron chi connectivity index (χ2n) is 3.67. The van der Waals surface area contributed by atoms with Crippen LogP contribution in [0.5, 0.6) is 0 Å². The summed E-state index contributed by atoms with van der Waals surface area (Å²) in [5.74, 6) is 0. The van der Waals surface area contributed by atoms with Crippen molar-refractivity contribution in [2.75, 3.05) is 11.4 Å². The van der Waals surface area contributed by atoms with Gasteiger partial charge in [0.1, 0.15) is 10.0 Å². The molecule has 0 aromatic carbocycles. The van der Waals surface area contributed by atoms with Crippen LogP contribution in [0, 0.1) is 0 Å². The van der Waals surface area contributed by atoms with Crippen molar-refractivity contribution in [2.45, 2.75) is 0 Å². The van der Waals surface area contributed by atoms with E-state index in [9.17, 15) is 0 Å². The SMILES string of the molecule is C1=CCN(c2cnc(-c3cccnc3)s2)C=C1. The molecule has 0 aliphatic carbocycles. The lowest BCUT2D eigenvalue weighted by atomic mass is 10.3. The molecule has 0 spiro atoms. The minimum Gasteiger partial charge on any atom is -0.335 e. The molecule has 0 saturated carbocycles. The van der Waals surface area contributed by atoms with Gasteiger partial charge in [-0.05, 0) is 18.2 Å². The van der Waals surface area contributed by atoms with Crippen molar-refractivity contribution in [1.29, 1.82) is 0 Å². The third-order valence-corrected chi connectivity index (χ3v) is 3.58. The zero-order valence-electron chi connectivity index (χ0n) is 9.15. The first-order valence-electron chi connectivity index (χ1n) is 5.40. The van der Waals surface area contributed by atoms with Crippen LogP contribution in [-0.4, -0.2) is 16.5 Å². The number of anilines is 1. The number of thiazole rings is 1. The van der Waals surface area contributed by atoms with Crippen LogP contribution >= 0.6 is 11.3 Å². The Balaban J connectivity index is 1.88. The van der Waals surface area contributed by atoms with Crippen molar-refractivity contribution in [3.05, 3.63) is 55.2 Å². The fraction of sp³-hybridized carbons (Fsp3) is 0.0769. The number of allylic oxidation sites excluding steroid dienone is 2. The van der Waals surface area contributed by atoms with Gasteiger partial charge in [-0.1, -0.05) is 23.5 Å². The average molecular weight is 241 g/mol. The highest BCUT2D eigenvalue weighted by Gasteiger charge is 2.09. The molecular formula is C13H11N3S. The molecule has 1 aliphatic rings. The molecule has 17 heavy (non-hydrogen) atoms. The molecule has 2 aromatic heterocycles. The van der Waals surface area contributed by atoms with Crippen molar-refractivity contribution in [3.63, 3.8) is 0 Å². The van der Waals surface area contributed by atoms with E-state index in [2.05, 4.69) is 33.2 Å². The highest BCUT2D eigenvalue weighted by molar-refractivity contribution is 7.18. The number of aromatic nitrogens is 2. The van der Waals surface area contributed by atoms with Crippen LogP contribution < -0.4 is 4.90 Å². The molecule has 0 unspecified atom stereocenters. The Kier molecular flexibility index (Phi) is 2.71. The summed E-state index contributed by atoms with van der Waals surface area (Å²) in [6.45, 7) is 0.908. The van der Waals surface area contributed by atoms with Crippen LogP contribution in [0.2, 0.25) is 0 Å². The molecule has 84 valence electrons. The molecule has 0 atom stereocenters. The van der Waals surface area contributed by atoms with E-state index in [4.69, 9.17) is 0 Å². The summed E-state index contributed by atoms with van der Waals surface area (Å²) in [5.41, 5.74) is 1.07. The Morgan fingerprint density at radius 2 is 2.24 bits per heavy atom. The Labute approximate surface area is 104 Å². The van der Waals surface area contributed by atoms with Crippen molar-refractivity contribution < 1.29 is 0 Å². The van der Waals surface area contributed by atoms with E-state index in [0.717, 1.165) is 22.1 Å². The predicted molar refractivity (Wildman–Crippen MR) is 71.0 cm³/mol. The molecule has 0 N–H and O–H groups in total. The summed E-state index contributed by atoms with van der Waals surface area (Å²) in [6, 6.07) is 3.96. The standard InChI is InChI=1S/C13H11N3S/c1-2-7-16(8-3-1)12-10-15-13(17-12)11-5-4-6-14-9-11/h1-7,9-10H,8H2. The number of rotatable bonds is 2. The maximum absolute atomic E-state index is 4.44. The fourth-order valence-electron chi connectivity index (χ4n) is 1.65. The largest absolute Gasteiger partial charge is 0.335 e. The first-order chi connectivity index (χ1) is 8.43. The molecule has 3 nitrogen and oxygen atoms in total. The summed E-state index contributed by atoms with van der Waals surface area (Å²) in [7, 11) is 0. The summed E-state index contributed by atoms with van der Waals surface area (Å²) >= 11 is 1.68. The van der Waals surface area contributed by atoms with Crippen molar-refractivity contribution in [2.24, 2.45) is 0 Å². The third kappa shape index (κ3) is 2.12. The zero-order chi connectivity index (χ0) is 11.5. The Morgan fingerprint density at radius 1 is 1.24 bits per heavy atom. The van der Waals surface area contributed by atoms with Crippen LogP contribution in [-0.2, 0) is 0 Å². The molecule has 0 radical (unpaired) electrons. The predicted octanol–water partition coefficient (Wildman–Crippen LogP) is 3.10. The smallest absolute Gasteiger partial charge is 0.126 e. The van der Waals surface area contributed by atoms with Gasteiger partial charge < -0.3 is 4.90 Å². The molecule has 0 amide bonds. The van der Waals surface area contributed by atoms with Gasteiger partial charge in [0, 0.05) is 30.7 Å². The van der Waals surface area contributed by atoms with Gasteiger partial charge in [0.2, 0.25) is 0 Å². The molecule has 3 heterocycles. The lowest BCUT2D eigenvalue weighted by molar-refractivity contribution is 1.09. The van der Waals surface area contributed by atoms with Gasteiger partial charge >= 0.3 is 0 Å². The number of nitrogens with zero attached hydrogens (tertiary/aromatic N) is 3. The van der Waals surface area contributed by atoms with Gasteiger partial charge in [-0.2, -0.15) is 0 Å². The average Bonchev–Trinajstić information content (AvgIpc) is 2.90. The van der Waals surface area contributed by atoms with E-state index in [0.29, 0.717) is 0 Å². The number of hydrogen-bond donors (Lipinski definition) is 0. The monoisotopic (exact) mass is 241 g/mol. The quantitative estimate of drug-likeness (QED) is 0.809. The lowest BCUT2D eigenvalue weighted by Crippen LogP contribution is -2.15. The highest BCUT2D eigenvalue weighted by Crippen LogP contribution is 2.31. The summed E-state index contributed by atoms with van der Waals surface area (Å²) in [5, 5.41) is 2.17. The van der Waals surface area contributed by atoms with Crippen LogP contribution in [0.15, 0.2) is 55.2 Å². The van der Waals surface area contributed by atoms with E-state index >= 15 is 0 Å². The van der Waals surface area contributed by atoms with Gasteiger partial charge in [0.15, 0.2) is 0 Å². The summed E-state index contributed by atoms with van der Waals surface area (Å²) < 4.78 is 0. The van der Waals surface area contributed by atoms with Gasteiger partial charge in [0.05, 0.1) is 6.20 Å². The normalized spacial score (nSPS) is 14.2. The number of pyridine rings is 1. The van der Waals surface area contributed by atoms with Gasteiger partial charge in [-0.25, -0.2) is 4.98 Å². The van der Waals surface area contributed by atoms with Gasteiger partial charge in [0.25, 0.3) is 0 Å². The van der Waals surface area contributed by atoms with Crippen molar-refractivity contribution in [3.8, 4) is 10.6 Å². The molecule has 4 heteroatoms. The third-order valence-electron chi connectivity index (χ3n) is 2.50. The molecule has 3 rings (SSSR count). The minimum atomic E-state index is 0.908. The van der Waals surface area contributed by atoms with E-state index in [1.54, 1.807) is 17.5 Å². The minimum absolute atomic E-state index is 0.908. The number of hydrogen-bond acceptors (Lipinski definition) is 4. The molecule has 1 aliphatic heterocycles. The molecule has 0 bridgehead atoms. The zero-order valence-corrected chi connectivity index (χ0v) is 9.97. The first kappa shape index (κ1) is 10.2. The van der Waals surface area contributed by atoms with E-state index in [1.807, 2.05) is 30.6 Å². The van der Waals surface area contributed by atoms with Crippen molar-refractivity contribution >= 4 is 16.3 Å². The van der Waals surface area contributed by atoms with Crippen LogP contribution in [0.1, 0.15) is 0 Å². The Bertz CT molecular complexity index is 557. The second kappa shape index (κ2) is 4.51. The molecular weight excluding hydrogens is 230 g/mol. The maximum Gasteiger partial charge on any atom is 0.126 e. The maximum atomic E-state index is 4.44. The summed E-state index contributed by atoms with van der Waals surface area (Å²) in [4.78, 5) is 10.7. The van der Waals surface area contributed by atoms with Crippen LogP contribution in [0.3, 0.4) is 0 Å². The topological polar surface area (TPSA) is 29.0 Å². The molecule has 0 saturated heterocycles. The van der Waals surface area contributed by atoms with Crippen molar-refractivity contribution in [1.82, 2.24) is 9.97 Å². The second-order valence-corrected chi connectivity index (χ2v) is 4.68. The fourth-order valence-corrected chi connectivity index (χ4v) is 2.55. The van der Waals surface area contributed by atoms with Gasteiger partial charge in [-0.3, -0.25) is 4.98 Å². The van der Waals surface area contributed by atoms with E-state index in [-0.39, 0.29) is 0 Å². The molecule has 2 aromatic rings. The highest BCUT2D eigenvalue weighted by atomic mass is 32.1. The van der Waals surface area contributed by atoms with Crippen LogP contribution in [0.25, 0.3) is 10.6 Å². The van der Waals surface area contributed by atoms with E-state index in [1.165, 1.54) is 0 Å². The van der Waals surface area contributed by atoms with Gasteiger partial charge in [-0.15, -0.1) is 0 Å². The molecule has 0 fully saturated rings. The van der Waals surface area contributed by atoms with E-state index < -0.39 is 0 Å². The Morgan fingerprint density at radius 3 is 3.00 bits per heavy atom. The van der Waals surface area contributed by atoms with Crippen LogP contribution in [0.4, 0.5) is 5.00 Å². The lowest BCUT2D eigenvalue weighted by Gasteiger charge is -2.17. The summed E-state index contributed by atoms with van der Waals surface area (Å²) in [6.07, 6.45) is 13.8. The Hall–Kier alpha value is -1.94. The first-order valence-corrected chi connectivity index (χ1v) is 6.21.